The number of hydrogen-bond acceptors (Lipinski definition) is 3. The van der Waals surface area contributed by atoms with Gasteiger partial charge in [0.15, 0.2) is 0 Å². The van der Waals surface area contributed by atoms with Crippen molar-refractivity contribution in [2.75, 3.05) is 26.3 Å². The Hall–Kier alpha value is -0.900. The lowest BCUT2D eigenvalue weighted by Crippen LogP contribution is -2.51. The molecule has 4 atom stereocenters. The van der Waals surface area contributed by atoms with Crippen molar-refractivity contribution in [1.82, 2.24) is 10.6 Å². The van der Waals surface area contributed by atoms with Gasteiger partial charge < -0.3 is 15.4 Å². The molecule has 0 bridgehead atoms. The van der Waals surface area contributed by atoms with E-state index in [1.165, 1.54) is 24.8 Å². The second-order valence-electron chi connectivity index (χ2n) is 6.56. The van der Waals surface area contributed by atoms with Crippen LogP contribution in [0.5, 0.6) is 0 Å². The fraction of sp³-hybridized carbons (Fsp3) is 0.667. The summed E-state index contributed by atoms with van der Waals surface area (Å²) in [6, 6.07) is 12.0. The van der Waals surface area contributed by atoms with Gasteiger partial charge in [0, 0.05) is 25.2 Å². The van der Waals surface area contributed by atoms with Gasteiger partial charge >= 0.3 is 0 Å². The topological polar surface area (TPSA) is 33.3 Å². The molecule has 1 saturated carbocycles. The molecular weight excluding hydrogens is 260 g/mol. The molecule has 1 heterocycles. The Morgan fingerprint density at radius 2 is 2.14 bits per heavy atom. The molecule has 1 aliphatic heterocycles. The first-order chi connectivity index (χ1) is 10.3. The van der Waals surface area contributed by atoms with Crippen LogP contribution in [0, 0.1) is 5.92 Å². The van der Waals surface area contributed by atoms with Crippen molar-refractivity contribution >= 4 is 0 Å². The summed E-state index contributed by atoms with van der Waals surface area (Å²) < 4.78 is 5.65. The van der Waals surface area contributed by atoms with E-state index in [0.717, 1.165) is 32.2 Å². The Kier molecular flexibility index (Phi) is 5.28. The van der Waals surface area contributed by atoms with Crippen LogP contribution in [0.1, 0.15) is 37.7 Å². The van der Waals surface area contributed by atoms with Gasteiger partial charge in [0.2, 0.25) is 0 Å². The van der Waals surface area contributed by atoms with Crippen LogP contribution in [0.3, 0.4) is 0 Å². The molecule has 21 heavy (non-hydrogen) atoms. The van der Waals surface area contributed by atoms with Crippen molar-refractivity contribution in [2.24, 2.45) is 5.92 Å². The van der Waals surface area contributed by atoms with E-state index in [0.29, 0.717) is 18.0 Å². The van der Waals surface area contributed by atoms with Crippen LogP contribution < -0.4 is 10.6 Å². The number of nitrogens with one attached hydrogen (secondary N) is 2. The van der Waals surface area contributed by atoms with Crippen LogP contribution >= 0.6 is 0 Å². The highest BCUT2D eigenvalue weighted by molar-refractivity contribution is 5.19. The maximum Gasteiger partial charge on any atom is 0.0623 e. The molecule has 0 aromatic heterocycles. The van der Waals surface area contributed by atoms with Crippen molar-refractivity contribution in [3.05, 3.63) is 35.9 Å². The normalized spacial score (nSPS) is 31.2. The van der Waals surface area contributed by atoms with Crippen molar-refractivity contribution < 1.29 is 4.74 Å². The van der Waals surface area contributed by atoms with E-state index in [4.69, 9.17) is 4.74 Å². The highest BCUT2D eigenvalue weighted by Crippen LogP contribution is 2.30. The molecule has 1 aromatic carbocycles. The summed E-state index contributed by atoms with van der Waals surface area (Å²) in [6.45, 7) is 6.14. The Balaban J connectivity index is 1.51. The third-order valence-corrected chi connectivity index (χ3v) is 5.09. The molecule has 1 aliphatic carbocycles. The van der Waals surface area contributed by atoms with Gasteiger partial charge in [0.1, 0.15) is 0 Å². The SMILES string of the molecule is CC(CNC1CCCC1C1COCCN1)c1ccccc1. The van der Waals surface area contributed by atoms with E-state index < -0.39 is 0 Å². The molecule has 3 heteroatoms. The third-order valence-electron chi connectivity index (χ3n) is 5.09. The largest absolute Gasteiger partial charge is 0.379 e. The predicted molar refractivity (Wildman–Crippen MR) is 86.6 cm³/mol. The zero-order valence-corrected chi connectivity index (χ0v) is 13.1. The maximum absolute atomic E-state index is 5.65. The molecule has 2 N–H and O–H groups in total. The lowest BCUT2D eigenvalue weighted by atomic mass is 9.93. The van der Waals surface area contributed by atoms with Crippen molar-refractivity contribution in [3.63, 3.8) is 0 Å². The highest BCUT2D eigenvalue weighted by Gasteiger charge is 2.34. The van der Waals surface area contributed by atoms with Gasteiger partial charge in [-0.1, -0.05) is 43.7 Å². The summed E-state index contributed by atoms with van der Waals surface area (Å²) in [5, 5.41) is 7.48. The number of benzene rings is 1. The fourth-order valence-corrected chi connectivity index (χ4v) is 3.81. The summed E-state index contributed by atoms with van der Waals surface area (Å²) in [7, 11) is 0. The van der Waals surface area contributed by atoms with E-state index >= 15 is 0 Å². The third kappa shape index (κ3) is 3.85. The summed E-state index contributed by atoms with van der Waals surface area (Å²) in [5.41, 5.74) is 1.43. The minimum Gasteiger partial charge on any atom is -0.379 e. The average molecular weight is 288 g/mol. The van der Waals surface area contributed by atoms with Crippen LogP contribution in [0.4, 0.5) is 0 Å². The van der Waals surface area contributed by atoms with Crippen LogP contribution in [0.2, 0.25) is 0 Å². The van der Waals surface area contributed by atoms with Gasteiger partial charge in [0.25, 0.3) is 0 Å². The summed E-state index contributed by atoms with van der Waals surface area (Å²) in [5.74, 6) is 1.30. The molecule has 4 unspecified atom stereocenters. The molecule has 3 nitrogen and oxygen atoms in total. The second-order valence-corrected chi connectivity index (χ2v) is 6.56. The fourth-order valence-electron chi connectivity index (χ4n) is 3.81. The van der Waals surface area contributed by atoms with Crippen LogP contribution in [-0.4, -0.2) is 38.4 Å². The van der Waals surface area contributed by atoms with Gasteiger partial charge in [-0.05, 0) is 30.2 Å². The summed E-state index contributed by atoms with van der Waals surface area (Å²) in [4.78, 5) is 0. The molecule has 0 spiro atoms. The van der Waals surface area contributed by atoms with E-state index in [2.05, 4.69) is 47.9 Å². The first-order valence-corrected chi connectivity index (χ1v) is 8.44. The van der Waals surface area contributed by atoms with Gasteiger partial charge in [-0.2, -0.15) is 0 Å². The Bertz CT molecular complexity index is 416. The van der Waals surface area contributed by atoms with Gasteiger partial charge in [-0.15, -0.1) is 0 Å². The Morgan fingerprint density at radius 3 is 2.90 bits per heavy atom. The maximum atomic E-state index is 5.65. The zero-order valence-electron chi connectivity index (χ0n) is 13.1. The van der Waals surface area contributed by atoms with Crippen molar-refractivity contribution in [1.29, 1.82) is 0 Å². The smallest absolute Gasteiger partial charge is 0.0623 e. The van der Waals surface area contributed by atoms with Crippen LogP contribution in [0.15, 0.2) is 30.3 Å². The number of morpholine rings is 1. The quantitative estimate of drug-likeness (QED) is 0.873. The van der Waals surface area contributed by atoms with Crippen LogP contribution in [-0.2, 0) is 4.74 Å². The monoisotopic (exact) mass is 288 g/mol. The van der Waals surface area contributed by atoms with Crippen molar-refractivity contribution in [3.8, 4) is 0 Å². The Morgan fingerprint density at radius 1 is 1.29 bits per heavy atom. The standard InChI is InChI=1S/C18H28N2O/c1-14(15-6-3-2-4-7-15)12-20-17-9-5-8-16(17)18-13-21-11-10-19-18/h2-4,6-7,14,16-20H,5,8-13H2,1H3. The molecule has 1 saturated heterocycles. The minimum absolute atomic E-state index is 0.547. The second kappa shape index (κ2) is 7.39. The van der Waals surface area contributed by atoms with Gasteiger partial charge in [-0.25, -0.2) is 0 Å². The van der Waals surface area contributed by atoms with E-state index in [9.17, 15) is 0 Å². The Labute approximate surface area is 128 Å². The molecular formula is C18H28N2O. The molecule has 0 radical (unpaired) electrons. The molecule has 116 valence electrons. The van der Waals surface area contributed by atoms with Gasteiger partial charge in [0.05, 0.1) is 13.2 Å². The summed E-state index contributed by atoms with van der Waals surface area (Å²) >= 11 is 0. The predicted octanol–water partition coefficient (Wildman–Crippen LogP) is 2.54. The molecule has 3 rings (SSSR count). The van der Waals surface area contributed by atoms with E-state index in [1.54, 1.807) is 0 Å². The summed E-state index contributed by atoms with van der Waals surface area (Å²) in [6.07, 6.45) is 3.99. The molecule has 0 amide bonds. The molecule has 1 aromatic rings. The lowest BCUT2D eigenvalue weighted by Gasteiger charge is -2.33. The van der Waals surface area contributed by atoms with Gasteiger partial charge in [-0.3, -0.25) is 0 Å². The van der Waals surface area contributed by atoms with E-state index in [-0.39, 0.29) is 0 Å². The molecule has 2 fully saturated rings. The first-order valence-electron chi connectivity index (χ1n) is 8.44. The van der Waals surface area contributed by atoms with E-state index in [1.807, 2.05) is 0 Å². The number of rotatable bonds is 5. The highest BCUT2D eigenvalue weighted by atomic mass is 16.5. The number of ether oxygens (including phenoxy) is 1. The van der Waals surface area contributed by atoms with Crippen LogP contribution in [0.25, 0.3) is 0 Å². The zero-order chi connectivity index (χ0) is 14.5. The first kappa shape index (κ1) is 15.0. The minimum atomic E-state index is 0.547. The average Bonchev–Trinajstić information content (AvgIpc) is 3.03. The van der Waals surface area contributed by atoms with Crippen molar-refractivity contribution in [2.45, 2.75) is 44.2 Å². The number of hydrogen-bond donors (Lipinski definition) is 2. The lowest BCUT2D eigenvalue weighted by molar-refractivity contribution is 0.0525. The molecule has 2 aliphatic rings.